The zero-order valence-corrected chi connectivity index (χ0v) is 10.6. The molecular weight excluding hydrogens is 272 g/mol. The Morgan fingerprint density at radius 1 is 1.37 bits per heavy atom. The molecule has 0 aromatic carbocycles. The van der Waals surface area contributed by atoms with E-state index < -0.39 is 15.9 Å². The van der Waals surface area contributed by atoms with Crippen molar-refractivity contribution in [2.45, 2.75) is 4.90 Å². The molecule has 0 aliphatic rings. The van der Waals surface area contributed by atoms with Crippen LogP contribution in [-0.4, -0.2) is 34.1 Å². The van der Waals surface area contributed by atoms with Gasteiger partial charge in [0.2, 0.25) is 10.0 Å². The van der Waals surface area contributed by atoms with Crippen LogP contribution in [0.25, 0.3) is 0 Å². The Bertz CT molecular complexity index is 709. The van der Waals surface area contributed by atoms with E-state index in [0.717, 1.165) is 0 Å². The second kappa shape index (κ2) is 4.74. The third-order valence-corrected chi connectivity index (χ3v) is 3.07. The van der Waals surface area contributed by atoms with Crippen molar-refractivity contribution in [1.29, 1.82) is 0 Å². The van der Waals surface area contributed by atoms with E-state index in [9.17, 15) is 13.2 Å². The Labute approximate surface area is 108 Å². The summed E-state index contributed by atoms with van der Waals surface area (Å²) in [6, 6.07) is 0. The van der Waals surface area contributed by atoms with E-state index in [-0.39, 0.29) is 16.3 Å². The average Bonchev–Trinajstić information content (AvgIpc) is 2.71. The summed E-state index contributed by atoms with van der Waals surface area (Å²) >= 11 is 0. The van der Waals surface area contributed by atoms with Gasteiger partial charge in [-0.2, -0.15) is 5.10 Å². The molecular formula is C9H10N6O3S. The lowest BCUT2D eigenvalue weighted by atomic mass is 10.3. The molecule has 0 atom stereocenters. The molecule has 0 radical (unpaired) electrons. The highest BCUT2D eigenvalue weighted by Crippen LogP contribution is 2.17. The minimum atomic E-state index is -3.97. The predicted molar refractivity (Wildman–Crippen MR) is 64.6 cm³/mol. The van der Waals surface area contributed by atoms with Crippen molar-refractivity contribution in [2.24, 2.45) is 12.2 Å². The molecule has 19 heavy (non-hydrogen) atoms. The summed E-state index contributed by atoms with van der Waals surface area (Å²) in [7, 11) is -2.46. The van der Waals surface area contributed by atoms with Gasteiger partial charge in [-0.25, -0.2) is 23.5 Å². The number of anilines is 1. The van der Waals surface area contributed by atoms with Gasteiger partial charge in [-0.05, 0) is 0 Å². The van der Waals surface area contributed by atoms with E-state index in [1.165, 1.54) is 36.6 Å². The van der Waals surface area contributed by atoms with E-state index in [4.69, 9.17) is 5.14 Å². The molecule has 0 saturated heterocycles. The summed E-state index contributed by atoms with van der Waals surface area (Å²) in [4.78, 5) is 18.9. The molecule has 2 heterocycles. The average molecular weight is 282 g/mol. The Balaban J connectivity index is 2.33. The van der Waals surface area contributed by atoms with Gasteiger partial charge < -0.3 is 5.32 Å². The smallest absolute Gasteiger partial charge is 0.260 e. The van der Waals surface area contributed by atoms with Gasteiger partial charge in [0, 0.05) is 25.6 Å². The number of aryl methyl sites for hydroxylation is 1. The Morgan fingerprint density at radius 3 is 2.58 bits per heavy atom. The largest absolute Gasteiger partial charge is 0.304 e. The SMILES string of the molecule is Cn1cc(S(N)(=O)=O)c(NC(=O)c2cncnc2)n1. The first-order valence-corrected chi connectivity index (χ1v) is 6.55. The fourth-order valence-electron chi connectivity index (χ4n) is 1.36. The normalized spacial score (nSPS) is 11.3. The zero-order valence-electron chi connectivity index (χ0n) is 9.81. The van der Waals surface area contributed by atoms with Crippen LogP contribution in [0.15, 0.2) is 29.8 Å². The molecule has 0 spiro atoms. The number of amides is 1. The van der Waals surface area contributed by atoms with Gasteiger partial charge in [0.25, 0.3) is 5.91 Å². The fourth-order valence-corrected chi connectivity index (χ4v) is 2.02. The number of primary sulfonamides is 1. The summed E-state index contributed by atoms with van der Waals surface area (Å²) < 4.78 is 23.9. The summed E-state index contributed by atoms with van der Waals surface area (Å²) in [5.74, 6) is -0.719. The number of nitrogens with zero attached hydrogens (tertiary/aromatic N) is 4. The highest BCUT2D eigenvalue weighted by atomic mass is 32.2. The second-order valence-corrected chi connectivity index (χ2v) is 5.17. The maximum absolute atomic E-state index is 11.8. The molecule has 0 fully saturated rings. The van der Waals surface area contributed by atoms with Gasteiger partial charge in [-0.3, -0.25) is 9.48 Å². The number of carbonyl (C=O) groups is 1. The van der Waals surface area contributed by atoms with Crippen molar-refractivity contribution in [3.05, 3.63) is 30.5 Å². The lowest BCUT2D eigenvalue weighted by molar-refractivity contribution is 0.102. The molecule has 9 nitrogen and oxygen atoms in total. The number of nitrogens with two attached hydrogens (primary N) is 1. The first-order valence-electron chi connectivity index (χ1n) is 5.01. The van der Waals surface area contributed by atoms with Crippen molar-refractivity contribution >= 4 is 21.7 Å². The van der Waals surface area contributed by atoms with Crippen LogP contribution in [0.1, 0.15) is 10.4 Å². The summed E-state index contributed by atoms with van der Waals surface area (Å²) in [6.45, 7) is 0. The predicted octanol–water partition coefficient (Wildman–Crippen LogP) is -0.890. The molecule has 2 aromatic heterocycles. The molecule has 0 aliphatic carbocycles. The van der Waals surface area contributed by atoms with E-state index in [2.05, 4.69) is 20.4 Å². The van der Waals surface area contributed by atoms with Gasteiger partial charge in [0.1, 0.15) is 11.2 Å². The highest BCUT2D eigenvalue weighted by Gasteiger charge is 2.20. The van der Waals surface area contributed by atoms with E-state index in [1.54, 1.807) is 0 Å². The third kappa shape index (κ3) is 2.92. The van der Waals surface area contributed by atoms with Crippen LogP contribution in [0.5, 0.6) is 0 Å². The van der Waals surface area contributed by atoms with Crippen LogP contribution in [-0.2, 0) is 17.1 Å². The van der Waals surface area contributed by atoms with Gasteiger partial charge in [-0.15, -0.1) is 0 Å². The van der Waals surface area contributed by atoms with E-state index in [1.807, 2.05) is 0 Å². The summed E-state index contributed by atoms with van der Waals surface area (Å²) in [5.41, 5.74) is 0.175. The molecule has 3 N–H and O–H groups in total. The number of aromatic nitrogens is 4. The van der Waals surface area contributed by atoms with Gasteiger partial charge in [0.15, 0.2) is 5.82 Å². The number of nitrogens with one attached hydrogen (secondary N) is 1. The zero-order chi connectivity index (χ0) is 14.0. The molecule has 0 saturated carbocycles. The van der Waals surface area contributed by atoms with Gasteiger partial charge in [-0.1, -0.05) is 0 Å². The maximum atomic E-state index is 11.8. The van der Waals surface area contributed by atoms with Crippen LogP contribution < -0.4 is 10.5 Å². The summed E-state index contributed by atoms with van der Waals surface area (Å²) in [6.07, 6.45) is 5.06. The van der Waals surface area contributed by atoms with Crippen molar-refractivity contribution in [1.82, 2.24) is 19.7 Å². The minimum Gasteiger partial charge on any atom is -0.304 e. The molecule has 0 bridgehead atoms. The summed E-state index contributed by atoms with van der Waals surface area (Å²) in [5, 5.41) is 11.2. The first-order chi connectivity index (χ1) is 8.88. The van der Waals surface area contributed by atoms with Crippen molar-refractivity contribution < 1.29 is 13.2 Å². The van der Waals surface area contributed by atoms with Crippen LogP contribution in [0, 0.1) is 0 Å². The fraction of sp³-hybridized carbons (Fsp3) is 0.111. The lowest BCUT2D eigenvalue weighted by Gasteiger charge is -2.02. The first kappa shape index (κ1) is 13.1. The number of hydrogen-bond acceptors (Lipinski definition) is 6. The van der Waals surface area contributed by atoms with Crippen molar-refractivity contribution in [3.8, 4) is 0 Å². The molecule has 10 heteroatoms. The van der Waals surface area contributed by atoms with E-state index >= 15 is 0 Å². The monoisotopic (exact) mass is 282 g/mol. The topological polar surface area (TPSA) is 133 Å². The van der Waals surface area contributed by atoms with Crippen molar-refractivity contribution in [2.75, 3.05) is 5.32 Å². The second-order valence-electron chi connectivity index (χ2n) is 3.64. The number of rotatable bonds is 3. The highest BCUT2D eigenvalue weighted by molar-refractivity contribution is 7.89. The Hall–Kier alpha value is -2.33. The molecule has 0 unspecified atom stereocenters. The van der Waals surface area contributed by atoms with Gasteiger partial charge in [0.05, 0.1) is 5.56 Å². The maximum Gasteiger partial charge on any atom is 0.260 e. The standard InChI is InChI=1S/C9H10N6O3S/c1-15-4-7(19(10,17)18)8(14-15)13-9(16)6-2-11-5-12-3-6/h2-5H,1H3,(H2,10,17,18)(H,13,14,16). The van der Waals surface area contributed by atoms with Gasteiger partial charge >= 0.3 is 0 Å². The molecule has 2 aromatic rings. The number of hydrogen-bond donors (Lipinski definition) is 2. The van der Waals surface area contributed by atoms with Crippen molar-refractivity contribution in [3.63, 3.8) is 0 Å². The molecule has 2 rings (SSSR count). The van der Waals surface area contributed by atoms with Crippen LogP contribution in [0.4, 0.5) is 5.82 Å². The van der Waals surface area contributed by atoms with Crippen LogP contribution in [0.2, 0.25) is 0 Å². The minimum absolute atomic E-state index is 0.140. The Kier molecular flexibility index (Phi) is 3.27. The number of carbonyl (C=O) groups excluding carboxylic acids is 1. The Morgan fingerprint density at radius 2 is 2.00 bits per heavy atom. The molecule has 0 aliphatic heterocycles. The third-order valence-electron chi connectivity index (χ3n) is 2.16. The molecule has 100 valence electrons. The number of sulfonamides is 1. The van der Waals surface area contributed by atoms with Crippen LogP contribution in [0.3, 0.4) is 0 Å². The lowest BCUT2D eigenvalue weighted by Crippen LogP contribution is -2.18. The molecule has 1 amide bonds. The van der Waals surface area contributed by atoms with E-state index in [0.29, 0.717) is 0 Å². The van der Waals surface area contributed by atoms with Crippen LogP contribution >= 0.6 is 0 Å². The quantitative estimate of drug-likeness (QED) is 0.750.